The Kier molecular flexibility index (Phi) is 3.99. The van der Waals surface area contributed by atoms with E-state index in [0.29, 0.717) is 0 Å². The van der Waals surface area contributed by atoms with Crippen LogP contribution < -0.4 is 5.32 Å². The highest BCUT2D eigenvalue weighted by molar-refractivity contribution is 5.21. The Morgan fingerprint density at radius 1 is 1.31 bits per heavy atom. The van der Waals surface area contributed by atoms with Crippen molar-refractivity contribution in [2.75, 3.05) is 6.54 Å². The molecule has 0 aliphatic carbocycles. The van der Waals surface area contributed by atoms with Gasteiger partial charge in [-0.2, -0.15) is 0 Å². The zero-order valence-corrected chi connectivity index (χ0v) is 9.72. The quantitative estimate of drug-likeness (QED) is 0.834. The van der Waals surface area contributed by atoms with E-state index in [0.717, 1.165) is 18.2 Å². The maximum atomic E-state index is 13.3. The Bertz CT molecular complexity index is 361. The first-order chi connectivity index (χ1) is 7.29. The summed E-state index contributed by atoms with van der Waals surface area (Å²) in [5.41, 5.74) is -0.193. The summed E-state index contributed by atoms with van der Waals surface area (Å²) in [5, 5.41) is 12.7. The molecule has 16 heavy (non-hydrogen) atoms. The molecule has 0 aromatic heterocycles. The van der Waals surface area contributed by atoms with Crippen LogP contribution in [0.25, 0.3) is 0 Å². The van der Waals surface area contributed by atoms with Gasteiger partial charge in [0.15, 0.2) is 0 Å². The number of β-amino-alcohol motifs (C(OH)–C–C–N with tert-alkyl or cyclic N) is 1. The van der Waals surface area contributed by atoms with Gasteiger partial charge in [-0.15, -0.1) is 0 Å². The van der Waals surface area contributed by atoms with Crippen LogP contribution in [0.1, 0.15) is 32.4 Å². The third kappa shape index (κ3) is 3.87. The van der Waals surface area contributed by atoms with Crippen molar-refractivity contribution < 1.29 is 13.9 Å². The zero-order chi connectivity index (χ0) is 12.3. The van der Waals surface area contributed by atoms with E-state index in [-0.39, 0.29) is 17.6 Å². The SMILES string of the molecule is CC(C)(C)NCC(O)c1cc(F)ccc1F. The number of hydrogen-bond acceptors (Lipinski definition) is 2. The Morgan fingerprint density at radius 3 is 2.50 bits per heavy atom. The lowest BCUT2D eigenvalue weighted by molar-refractivity contribution is 0.158. The van der Waals surface area contributed by atoms with Crippen LogP contribution in [0.3, 0.4) is 0 Å². The van der Waals surface area contributed by atoms with Crippen molar-refractivity contribution in [2.45, 2.75) is 32.4 Å². The van der Waals surface area contributed by atoms with Crippen molar-refractivity contribution >= 4 is 0 Å². The first-order valence-corrected chi connectivity index (χ1v) is 5.17. The van der Waals surface area contributed by atoms with Gasteiger partial charge in [0.1, 0.15) is 11.6 Å². The van der Waals surface area contributed by atoms with Crippen LogP contribution in [0, 0.1) is 11.6 Å². The Hall–Kier alpha value is -1.00. The maximum Gasteiger partial charge on any atom is 0.129 e. The fourth-order valence-electron chi connectivity index (χ4n) is 1.28. The van der Waals surface area contributed by atoms with Gasteiger partial charge >= 0.3 is 0 Å². The summed E-state index contributed by atoms with van der Waals surface area (Å²) in [5.74, 6) is -1.14. The molecule has 0 radical (unpaired) electrons. The summed E-state index contributed by atoms with van der Waals surface area (Å²) in [6.45, 7) is 5.98. The van der Waals surface area contributed by atoms with Crippen LogP contribution in [-0.2, 0) is 0 Å². The van der Waals surface area contributed by atoms with E-state index in [4.69, 9.17) is 0 Å². The molecule has 0 aliphatic heterocycles. The van der Waals surface area contributed by atoms with Crippen LogP contribution in [0.15, 0.2) is 18.2 Å². The molecule has 0 aliphatic rings. The second-order valence-electron chi connectivity index (χ2n) is 4.81. The van der Waals surface area contributed by atoms with Gasteiger partial charge in [-0.3, -0.25) is 0 Å². The average Bonchev–Trinajstić information content (AvgIpc) is 2.17. The molecule has 90 valence electrons. The second kappa shape index (κ2) is 4.89. The largest absolute Gasteiger partial charge is 0.387 e. The van der Waals surface area contributed by atoms with Gasteiger partial charge < -0.3 is 10.4 Å². The van der Waals surface area contributed by atoms with Crippen molar-refractivity contribution in [1.82, 2.24) is 5.32 Å². The number of benzene rings is 1. The van der Waals surface area contributed by atoms with Crippen molar-refractivity contribution in [1.29, 1.82) is 0 Å². The molecule has 1 aromatic carbocycles. The third-order valence-corrected chi connectivity index (χ3v) is 2.14. The number of nitrogens with one attached hydrogen (secondary N) is 1. The summed E-state index contributed by atoms with van der Waals surface area (Å²) in [7, 11) is 0. The summed E-state index contributed by atoms with van der Waals surface area (Å²) in [4.78, 5) is 0. The van der Waals surface area contributed by atoms with Gasteiger partial charge in [-0.25, -0.2) is 8.78 Å². The molecule has 1 rings (SSSR count). The number of rotatable bonds is 3. The summed E-state index contributed by atoms with van der Waals surface area (Å²) < 4.78 is 26.2. The normalized spacial score (nSPS) is 13.9. The molecule has 0 saturated heterocycles. The van der Waals surface area contributed by atoms with Crippen LogP contribution in [-0.4, -0.2) is 17.2 Å². The number of aliphatic hydroxyl groups is 1. The van der Waals surface area contributed by atoms with E-state index in [1.807, 2.05) is 20.8 Å². The highest BCUT2D eigenvalue weighted by Crippen LogP contribution is 2.18. The molecule has 2 nitrogen and oxygen atoms in total. The Balaban J connectivity index is 2.73. The highest BCUT2D eigenvalue weighted by Gasteiger charge is 2.16. The highest BCUT2D eigenvalue weighted by atomic mass is 19.1. The predicted molar refractivity (Wildman–Crippen MR) is 59.1 cm³/mol. The predicted octanol–water partition coefficient (Wildman–Crippen LogP) is 2.39. The van der Waals surface area contributed by atoms with Gasteiger partial charge in [-0.05, 0) is 39.0 Å². The zero-order valence-electron chi connectivity index (χ0n) is 9.72. The van der Waals surface area contributed by atoms with E-state index in [1.54, 1.807) is 0 Å². The molecule has 1 unspecified atom stereocenters. The minimum atomic E-state index is -1.05. The summed E-state index contributed by atoms with van der Waals surface area (Å²) >= 11 is 0. The van der Waals surface area contributed by atoms with Gasteiger partial charge in [0.25, 0.3) is 0 Å². The third-order valence-electron chi connectivity index (χ3n) is 2.14. The molecule has 1 atom stereocenters. The lowest BCUT2D eigenvalue weighted by Crippen LogP contribution is -2.38. The number of halogens is 2. The van der Waals surface area contributed by atoms with Crippen molar-refractivity contribution in [3.8, 4) is 0 Å². The summed E-state index contributed by atoms with van der Waals surface area (Å²) in [6, 6.07) is 3.07. The maximum absolute atomic E-state index is 13.3. The van der Waals surface area contributed by atoms with Crippen molar-refractivity contribution in [2.24, 2.45) is 0 Å². The van der Waals surface area contributed by atoms with Gasteiger partial charge in [0.05, 0.1) is 6.10 Å². The van der Waals surface area contributed by atoms with Gasteiger partial charge in [-0.1, -0.05) is 0 Å². The standard InChI is InChI=1S/C12H17F2NO/c1-12(2,3)15-7-11(16)9-6-8(13)4-5-10(9)14/h4-6,11,15-16H,7H2,1-3H3. The van der Waals surface area contributed by atoms with E-state index in [9.17, 15) is 13.9 Å². The fourth-order valence-corrected chi connectivity index (χ4v) is 1.28. The monoisotopic (exact) mass is 229 g/mol. The van der Waals surface area contributed by atoms with Crippen LogP contribution in [0.4, 0.5) is 8.78 Å². The van der Waals surface area contributed by atoms with Crippen LogP contribution in [0.5, 0.6) is 0 Å². The van der Waals surface area contributed by atoms with E-state index in [1.165, 1.54) is 0 Å². The molecule has 2 N–H and O–H groups in total. The van der Waals surface area contributed by atoms with E-state index < -0.39 is 17.7 Å². The lowest BCUT2D eigenvalue weighted by atomic mass is 10.1. The first kappa shape index (κ1) is 13.1. The van der Waals surface area contributed by atoms with Crippen molar-refractivity contribution in [3.05, 3.63) is 35.4 Å². The molecule has 4 heteroatoms. The van der Waals surface area contributed by atoms with Gasteiger partial charge in [0.2, 0.25) is 0 Å². The minimum Gasteiger partial charge on any atom is -0.387 e. The molecule has 1 aromatic rings. The number of hydrogen-bond donors (Lipinski definition) is 2. The van der Waals surface area contributed by atoms with Crippen LogP contribution in [0.2, 0.25) is 0 Å². The minimum absolute atomic E-state index is 0.0169. The average molecular weight is 229 g/mol. The topological polar surface area (TPSA) is 32.3 Å². The first-order valence-electron chi connectivity index (χ1n) is 5.17. The molecule has 0 bridgehead atoms. The van der Waals surface area contributed by atoms with Crippen LogP contribution >= 0.6 is 0 Å². The molecule has 0 spiro atoms. The van der Waals surface area contributed by atoms with E-state index in [2.05, 4.69) is 5.32 Å². The molecule has 0 saturated carbocycles. The molecule has 0 amide bonds. The van der Waals surface area contributed by atoms with Crippen molar-refractivity contribution in [3.63, 3.8) is 0 Å². The number of aliphatic hydroxyl groups excluding tert-OH is 1. The molecule has 0 fully saturated rings. The smallest absolute Gasteiger partial charge is 0.129 e. The fraction of sp³-hybridized carbons (Fsp3) is 0.500. The summed E-state index contributed by atoms with van der Waals surface area (Å²) in [6.07, 6.45) is -1.05. The molecular formula is C12H17F2NO. The Labute approximate surface area is 94.3 Å². The van der Waals surface area contributed by atoms with Gasteiger partial charge in [0, 0.05) is 17.6 Å². The lowest BCUT2D eigenvalue weighted by Gasteiger charge is -2.23. The second-order valence-corrected chi connectivity index (χ2v) is 4.81. The Morgan fingerprint density at radius 2 is 1.94 bits per heavy atom. The molecule has 0 heterocycles. The molecular weight excluding hydrogens is 212 g/mol. The van der Waals surface area contributed by atoms with E-state index >= 15 is 0 Å².